The number of benzene rings is 2. The Morgan fingerprint density at radius 3 is 1.87 bits per heavy atom. The van der Waals surface area contributed by atoms with Gasteiger partial charge < -0.3 is 10.4 Å². The fraction of sp³-hybridized carbons (Fsp3) is 0.222. The van der Waals surface area contributed by atoms with Crippen LogP contribution in [0.3, 0.4) is 0 Å². The zero-order valence-electron chi connectivity index (χ0n) is 13.2. The molecule has 0 fully saturated rings. The van der Waals surface area contributed by atoms with E-state index in [0.29, 0.717) is 17.2 Å². The fourth-order valence-corrected chi connectivity index (χ4v) is 3.26. The zero-order valence-corrected chi connectivity index (χ0v) is 14.0. The molecule has 23 heavy (non-hydrogen) atoms. The largest absolute Gasteiger partial charge is 0.411 e. The van der Waals surface area contributed by atoms with Crippen molar-refractivity contribution in [2.45, 2.75) is 18.6 Å². The molecule has 0 atom stereocenters. The van der Waals surface area contributed by atoms with Crippen molar-refractivity contribution in [3.8, 4) is 0 Å². The van der Waals surface area contributed by atoms with Gasteiger partial charge in [0.15, 0.2) is 0 Å². The Balaban J connectivity index is 2.14. The highest BCUT2D eigenvalue weighted by molar-refractivity contribution is 8.02. The van der Waals surface area contributed by atoms with E-state index in [0.717, 1.165) is 11.1 Å². The maximum absolute atomic E-state index is 9.45. The molecule has 120 valence electrons. The van der Waals surface area contributed by atoms with Crippen molar-refractivity contribution in [2.24, 2.45) is 10.3 Å². The zero-order chi connectivity index (χ0) is 16.7. The molecule has 0 amide bonds. The Hall–Kier alpha value is -2.27. The van der Waals surface area contributed by atoms with E-state index >= 15 is 0 Å². The minimum absolute atomic E-state index is 0.444. The summed E-state index contributed by atoms with van der Waals surface area (Å²) in [6.45, 7) is 3.97. The third kappa shape index (κ3) is 4.36. The van der Waals surface area contributed by atoms with Gasteiger partial charge in [-0.2, -0.15) is 0 Å². The van der Waals surface area contributed by atoms with Gasteiger partial charge in [-0.15, -0.1) is 11.8 Å². The topological polar surface area (TPSA) is 65.2 Å². The molecule has 4 nitrogen and oxygen atoms in total. The molecule has 0 bridgehead atoms. The fourth-order valence-electron chi connectivity index (χ4n) is 2.24. The van der Waals surface area contributed by atoms with E-state index in [4.69, 9.17) is 0 Å². The summed E-state index contributed by atoms with van der Waals surface area (Å²) in [7, 11) is 0. The quantitative estimate of drug-likeness (QED) is 0.473. The Kier molecular flexibility index (Phi) is 5.82. The third-order valence-corrected chi connectivity index (χ3v) is 4.85. The summed E-state index contributed by atoms with van der Waals surface area (Å²) in [6.07, 6.45) is 0. The van der Waals surface area contributed by atoms with Crippen LogP contribution in [0, 0.1) is 0 Å². The molecule has 0 saturated heterocycles. The van der Waals surface area contributed by atoms with Crippen LogP contribution in [-0.4, -0.2) is 32.3 Å². The average Bonchev–Trinajstić information content (AvgIpc) is 2.57. The van der Waals surface area contributed by atoms with E-state index in [2.05, 4.69) is 10.3 Å². The second-order valence-electron chi connectivity index (χ2n) is 5.53. The average molecular weight is 328 g/mol. The van der Waals surface area contributed by atoms with E-state index < -0.39 is 4.75 Å². The molecule has 0 heterocycles. The van der Waals surface area contributed by atoms with E-state index in [1.807, 2.05) is 74.5 Å². The molecule has 0 aromatic heterocycles. The lowest BCUT2D eigenvalue weighted by atomic mass is 9.99. The first kappa shape index (κ1) is 17.1. The number of hydrogen-bond acceptors (Lipinski definition) is 5. The van der Waals surface area contributed by atoms with Gasteiger partial charge in [0.1, 0.15) is 5.71 Å². The van der Waals surface area contributed by atoms with Crippen molar-refractivity contribution in [1.82, 2.24) is 0 Å². The molecule has 0 aliphatic carbocycles. The molecule has 5 heteroatoms. The van der Waals surface area contributed by atoms with Crippen molar-refractivity contribution in [1.29, 1.82) is 0 Å². The maximum atomic E-state index is 9.45. The number of oxime groups is 2. The smallest absolute Gasteiger partial charge is 0.102 e. The molecule has 0 aliphatic rings. The monoisotopic (exact) mass is 328 g/mol. The van der Waals surface area contributed by atoms with E-state index in [-0.39, 0.29) is 0 Å². The summed E-state index contributed by atoms with van der Waals surface area (Å²) in [5, 5.41) is 25.6. The predicted octanol–water partition coefficient (Wildman–Crippen LogP) is 4.26. The first-order valence-corrected chi connectivity index (χ1v) is 8.25. The minimum Gasteiger partial charge on any atom is -0.411 e. The van der Waals surface area contributed by atoms with Crippen LogP contribution in [0.25, 0.3) is 0 Å². The van der Waals surface area contributed by atoms with Gasteiger partial charge in [0, 0.05) is 16.9 Å². The highest BCUT2D eigenvalue weighted by atomic mass is 32.2. The molecule has 0 radical (unpaired) electrons. The molecule has 2 rings (SSSR count). The number of thioether (sulfide) groups is 1. The Labute approximate surface area is 140 Å². The number of hydrogen-bond donors (Lipinski definition) is 2. The summed E-state index contributed by atoms with van der Waals surface area (Å²) in [6, 6.07) is 19.1. The lowest BCUT2D eigenvalue weighted by Crippen LogP contribution is -2.30. The molecule has 0 aliphatic heterocycles. The first-order chi connectivity index (χ1) is 11.1. The van der Waals surface area contributed by atoms with Gasteiger partial charge in [-0.1, -0.05) is 71.0 Å². The summed E-state index contributed by atoms with van der Waals surface area (Å²) in [5.41, 5.74) is 2.93. The SMILES string of the molecule is CC(C)(SC/C(=N/O)c1ccccc1)/C(=N/O)c1ccccc1. The summed E-state index contributed by atoms with van der Waals surface area (Å²) in [4.78, 5) is 0. The lowest BCUT2D eigenvalue weighted by molar-refractivity contribution is 0.317. The van der Waals surface area contributed by atoms with Gasteiger partial charge in [0.05, 0.1) is 10.5 Å². The van der Waals surface area contributed by atoms with E-state index in [1.165, 1.54) is 0 Å². The molecule has 0 saturated carbocycles. The lowest BCUT2D eigenvalue weighted by Gasteiger charge is -2.25. The summed E-state index contributed by atoms with van der Waals surface area (Å²) >= 11 is 1.55. The molecule has 0 spiro atoms. The van der Waals surface area contributed by atoms with Crippen molar-refractivity contribution in [3.63, 3.8) is 0 Å². The highest BCUT2D eigenvalue weighted by Gasteiger charge is 2.28. The van der Waals surface area contributed by atoms with E-state index in [9.17, 15) is 10.4 Å². The van der Waals surface area contributed by atoms with Gasteiger partial charge in [0.2, 0.25) is 0 Å². The van der Waals surface area contributed by atoms with Gasteiger partial charge >= 0.3 is 0 Å². The van der Waals surface area contributed by atoms with E-state index in [1.54, 1.807) is 11.8 Å². The van der Waals surface area contributed by atoms with Crippen LogP contribution >= 0.6 is 11.8 Å². The van der Waals surface area contributed by atoms with Crippen LogP contribution in [0.2, 0.25) is 0 Å². The van der Waals surface area contributed by atoms with Crippen LogP contribution in [0.4, 0.5) is 0 Å². The summed E-state index contributed by atoms with van der Waals surface area (Å²) in [5.74, 6) is 0.499. The van der Waals surface area contributed by atoms with Crippen LogP contribution < -0.4 is 0 Å². The standard InChI is InChI=1S/C18H20N2O2S/c1-18(2,17(20-22)15-11-7-4-8-12-15)23-13-16(19-21)14-9-5-3-6-10-14/h3-12,21-22H,13H2,1-2H3/b19-16-,20-17+. The summed E-state index contributed by atoms with van der Waals surface area (Å²) < 4.78 is -0.444. The van der Waals surface area contributed by atoms with Gasteiger partial charge in [0.25, 0.3) is 0 Å². The van der Waals surface area contributed by atoms with Gasteiger partial charge in [-0.25, -0.2) is 0 Å². The maximum Gasteiger partial charge on any atom is 0.102 e. The Morgan fingerprint density at radius 1 is 0.870 bits per heavy atom. The molecular weight excluding hydrogens is 308 g/mol. The van der Waals surface area contributed by atoms with Crippen molar-refractivity contribution >= 4 is 23.2 Å². The van der Waals surface area contributed by atoms with Crippen LogP contribution in [0.5, 0.6) is 0 Å². The van der Waals surface area contributed by atoms with Crippen LogP contribution in [-0.2, 0) is 0 Å². The van der Waals surface area contributed by atoms with Crippen LogP contribution in [0.15, 0.2) is 71.0 Å². The first-order valence-electron chi connectivity index (χ1n) is 7.26. The van der Waals surface area contributed by atoms with Gasteiger partial charge in [-0.05, 0) is 13.8 Å². The molecule has 0 unspecified atom stereocenters. The van der Waals surface area contributed by atoms with Crippen LogP contribution in [0.1, 0.15) is 25.0 Å². The minimum atomic E-state index is -0.444. The second kappa shape index (κ2) is 7.83. The highest BCUT2D eigenvalue weighted by Crippen LogP contribution is 2.30. The van der Waals surface area contributed by atoms with Gasteiger partial charge in [-0.3, -0.25) is 0 Å². The molecular formula is C18H20N2O2S. The molecule has 2 N–H and O–H groups in total. The predicted molar refractivity (Wildman–Crippen MR) is 96.1 cm³/mol. The van der Waals surface area contributed by atoms with Crippen molar-refractivity contribution in [2.75, 3.05) is 5.75 Å². The normalized spacial score (nSPS) is 13.1. The second-order valence-corrected chi connectivity index (χ2v) is 7.12. The third-order valence-electron chi connectivity index (χ3n) is 3.51. The Morgan fingerprint density at radius 2 is 1.39 bits per heavy atom. The van der Waals surface area contributed by atoms with Crippen molar-refractivity contribution < 1.29 is 10.4 Å². The number of nitrogens with zero attached hydrogens (tertiary/aromatic N) is 2. The molecule has 2 aromatic carbocycles. The Bertz CT molecular complexity index is 683. The number of rotatable bonds is 6. The van der Waals surface area contributed by atoms with Crippen molar-refractivity contribution in [3.05, 3.63) is 71.8 Å². The molecule has 2 aromatic rings.